The van der Waals surface area contributed by atoms with Gasteiger partial charge >= 0.3 is 0 Å². The number of hydrogen-bond donors (Lipinski definition) is 0. The van der Waals surface area contributed by atoms with E-state index < -0.39 is 20.1 Å². The third-order valence-electron chi connectivity index (χ3n) is 7.57. The van der Waals surface area contributed by atoms with Crippen molar-refractivity contribution in [2.75, 3.05) is 11.5 Å². The third-order valence-corrected chi connectivity index (χ3v) is 15.9. The minimum atomic E-state index is -1.57. The molecule has 6 aromatic rings. The second kappa shape index (κ2) is 12.0. The second-order valence-corrected chi connectivity index (χ2v) is 16.4. The van der Waals surface area contributed by atoms with Crippen LogP contribution in [-0.4, -0.2) is 11.5 Å². The number of rotatable bonds is 9. The van der Waals surface area contributed by atoms with E-state index in [-0.39, 0.29) is 0 Å². The van der Waals surface area contributed by atoms with Crippen LogP contribution in [0.25, 0.3) is 0 Å². The molecule has 0 radical (unpaired) electrons. The summed E-state index contributed by atoms with van der Waals surface area (Å²) < 4.78 is 0. The average Bonchev–Trinajstić information content (AvgIpc) is 3.06. The van der Waals surface area contributed by atoms with E-state index in [1.165, 1.54) is 29.4 Å². The van der Waals surface area contributed by atoms with Gasteiger partial charge in [0.05, 0.1) is 0 Å². The molecule has 0 aliphatic rings. The Morgan fingerprint density at radius 1 is 0.225 bits per heavy atom. The van der Waals surface area contributed by atoms with Crippen LogP contribution in [0.3, 0.4) is 0 Å². The summed E-state index contributed by atoms with van der Waals surface area (Å²) in [4.78, 5) is 8.47. The standard InChI is InChI=1S/C38H34S2/c1-7-19-33(20-8-1)39(34-21-9-2-10-22-34,35-23-11-3-12-24-35)31-32-40(36-25-13-4-14-26-36,37-27-15-5-16-28-37)38-29-17-6-18-30-38/h1-30H,31-32H2. The highest BCUT2D eigenvalue weighted by Gasteiger charge is 2.37. The van der Waals surface area contributed by atoms with Crippen LogP contribution in [0.2, 0.25) is 0 Å². The van der Waals surface area contributed by atoms with Crippen molar-refractivity contribution in [3.8, 4) is 0 Å². The van der Waals surface area contributed by atoms with Gasteiger partial charge in [0.25, 0.3) is 0 Å². The van der Waals surface area contributed by atoms with Gasteiger partial charge in [-0.3, -0.25) is 0 Å². The fraction of sp³-hybridized carbons (Fsp3) is 0.0526. The molecule has 0 aliphatic heterocycles. The molecule has 0 saturated carbocycles. The van der Waals surface area contributed by atoms with Crippen molar-refractivity contribution in [3.63, 3.8) is 0 Å². The Bertz CT molecular complexity index is 1280. The molecule has 0 unspecified atom stereocenters. The summed E-state index contributed by atoms with van der Waals surface area (Å²) >= 11 is 0. The summed E-state index contributed by atoms with van der Waals surface area (Å²) in [5.41, 5.74) is 0. The van der Waals surface area contributed by atoms with Crippen molar-refractivity contribution in [2.45, 2.75) is 29.4 Å². The zero-order chi connectivity index (χ0) is 27.1. The van der Waals surface area contributed by atoms with E-state index in [1.54, 1.807) is 0 Å². The van der Waals surface area contributed by atoms with Gasteiger partial charge in [0.15, 0.2) is 0 Å². The maximum Gasteiger partial charge on any atom is -0.00185 e. The zero-order valence-corrected chi connectivity index (χ0v) is 24.2. The molecule has 0 fully saturated rings. The van der Waals surface area contributed by atoms with Gasteiger partial charge in [0.2, 0.25) is 0 Å². The third kappa shape index (κ3) is 4.90. The van der Waals surface area contributed by atoms with Gasteiger partial charge in [0, 0.05) is 0 Å². The molecule has 0 spiro atoms. The molecule has 6 aromatic carbocycles. The lowest BCUT2D eigenvalue weighted by Gasteiger charge is -2.48. The van der Waals surface area contributed by atoms with Gasteiger partial charge in [-0.1, -0.05) is 109 Å². The van der Waals surface area contributed by atoms with E-state index in [9.17, 15) is 0 Å². The largest absolute Gasteiger partial charge is 0.160 e. The predicted octanol–water partition coefficient (Wildman–Crippen LogP) is 11.0. The van der Waals surface area contributed by atoms with E-state index in [2.05, 4.69) is 182 Å². The molecule has 0 amide bonds. The Balaban J connectivity index is 1.62. The highest BCUT2D eigenvalue weighted by molar-refractivity contribution is 8.37. The molecule has 0 bridgehead atoms. The van der Waals surface area contributed by atoms with Gasteiger partial charge in [-0.25, -0.2) is 0 Å². The summed E-state index contributed by atoms with van der Waals surface area (Å²) in [6.45, 7) is 0. The average molecular weight is 555 g/mol. The van der Waals surface area contributed by atoms with E-state index in [0.717, 1.165) is 11.5 Å². The molecule has 0 N–H and O–H groups in total. The summed E-state index contributed by atoms with van der Waals surface area (Å²) in [5.74, 6) is 2.08. The van der Waals surface area contributed by atoms with Crippen LogP contribution in [0.4, 0.5) is 0 Å². The van der Waals surface area contributed by atoms with Crippen molar-refractivity contribution in [1.82, 2.24) is 0 Å². The van der Waals surface area contributed by atoms with Gasteiger partial charge in [-0.2, -0.15) is 20.1 Å². The fourth-order valence-electron chi connectivity index (χ4n) is 5.69. The molecule has 0 aromatic heterocycles. The summed E-state index contributed by atoms with van der Waals surface area (Å²) in [6.07, 6.45) is 0. The molecule has 0 nitrogen and oxygen atoms in total. The maximum absolute atomic E-state index is 2.35. The van der Waals surface area contributed by atoms with E-state index in [1.807, 2.05) is 0 Å². The lowest BCUT2D eigenvalue weighted by atomic mass is 10.4. The van der Waals surface area contributed by atoms with Crippen molar-refractivity contribution in [1.29, 1.82) is 0 Å². The lowest BCUT2D eigenvalue weighted by Crippen LogP contribution is -2.17. The molecule has 0 heterocycles. The predicted molar refractivity (Wildman–Crippen MR) is 173 cm³/mol. The van der Waals surface area contributed by atoms with Crippen LogP contribution < -0.4 is 0 Å². The summed E-state index contributed by atoms with van der Waals surface area (Å²) in [5, 5.41) is 0. The molecule has 2 heteroatoms. The first-order valence-corrected chi connectivity index (χ1v) is 17.4. The van der Waals surface area contributed by atoms with Crippen molar-refractivity contribution >= 4 is 20.1 Å². The first kappa shape index (κ1) is 26.3. The van der Waals surface area contributed by atoms with Crippen molar-refractivity contribution in [3.05, 3.63) is 182 Å². The van der Waals surface area contributed by atoms with E-state index in [4.69, 9.17) is 0 Å². The molecule has 6 rings (SSSR count). The minimum Gasteiger partial charge on any atom is -0.160 e. The van der Waals surface area contributed by atoms with Crippen molar-refractivity contribution in [2.24, 2.45) is 0 Å². The molecule has 0 aliphatic carbocycles. The Morgan fingerprint density at radius 2 is 0.375 bits per heavy atom. The van der Waals surface area contributed by atoms with E-state index >= 15 is 0 Å². The van der Waals surface area contributed by atoms with Crippen LogP contribution in [0, 0.1) is 0 Å². The fourth-order valence-corrected chi connectivity index (χ4v) is 14.5. The highest BCUT2D eigenvalue weighted by Crippen LogP contribution is 2.74. The number of hydrogen-bond acceptors (Lipinski definition) is 0. The molecule has 40 heavy (non-hydrogen) atoms. The van der Waals surface area contributed by atoms with Crippen LogP contribution >= 0.6 is 20.1 Å². The lowest BCUT2D eigenvalue weighted by molar-refractivity contribution is 1.22. The molecule has 0 atom stereocenters. The highest BCUT2D eigenvalue weighted by atomic mass is 32.3. The smallest absolute Gasteiger partial charge is 0.00185 e. The maximum atomic E-state index is 2.35. The summed E-state index contributed by atoms with van der Waals surface area (Å²) in [7, 11) is -3.14. The monoisotopic (exact) mass is 554 g/mol. The normalized spacial score (nSPS) is 12.5. The van der Waals surface area contributed by atoms with Crippen LogP contribution in [-0.2, 0) is 0 Å². The van der Waals surface area contributed by atoms with Gasteiger partial charge < -0.3 is 0 Å². The Hall–Kier alpha value is -3.98. The SMILES string of the molecule is c1ccc(S(CCS(c2ccccc2)(c2ccccc2)c2ccccc2)(c2ccccc2)c2ccccc2)cc1. The Labute approximate surface area is 242 Å². The van der Waals surface area contributed by atoms with E-state index in [0.29, 0.717) is 0 Å². The molecular formula is C38H34S2. The Morgan fingerprint density at radius 3 is 0.525 bits per heavy atom. The van der Waals surface area contributed by atoms with Crippen LogP contribution in [0.15, 0.2) is 211 Å². The van der Waals surface area contributed by atoms with Gasteiger partial charge in [-0.05, 0) is 114 Å². The van der Waals surface area contributed by atoms with Gasteiger partial charge in [0.1, 0.15) is 0 Å². The minimum absolute atomic E-state index is 1.04. The first-order chi connectivity index (χ1) is 19.8. The van der Waals surface area contributed by atoms with Crippen LogP contribution in [0.5, 0.6) is 0 Å². The van der Waals surface area contributed by atoms with Crippen molar-refractivity contribution < 1.29 is 0 Å². The quantitative estimate of drug-likeness (QED) is 0.167. The summed E-state index contributed by atoms with van der Waals surface area (Å²) in [6, 6.07) is 67.4. The number of benzene rings is 6. The molecule has 0 saturated heterocycles. The first-order valence-electron chi connectivity index (χ1n) is 13.8. The molecular weight excluding hydrogens is 521 g/mol. The topological polar surface area (TPSA) is 0 Å². The molecule has 198 valence electrons. The van der Waals surface area contributed by atoms with Gasteiger partial charge in [-0.15, -0.1) is 0 Å². The zero-order valence-electron chi connectivity index (χ0n) is 22.6. The van der Waals surface area contributed by atoms with Crippen LogP contribution in [0.1, 0.15) is 0 Å². The second-order valence-electron chi connectivity index (χ2n) is 9.76. The Kier molecular flexibility index (Phi) is 7.90.